The maximum absolute atomic E-state index is 12.3. The van der Waals surface area contributed by atoms with Crippen molar-refractivity contribution in [3.8, 4) is 0 Å². The number of aromatic carboxylic acids is 1. The number of carboxylic acid groups (broad SMARTS) is 1. The third-order valence-electron chi connectivity index (χ3n) is 3.61. The van der Waals surface area contributed by atoms with Gasteiger partial charge in [0.2, 0.25) is 5.91 Å². The average molecular weight is 290 g/mol. The van der Waals surface area contributed by atoms with Gasteiger partial charge in [-0.1, -0.05) is 6.07 Å². The van der Waals surface area contributed by atoms with Crippen LogP contribution in [-0.4, -0.2) is 35.1 Å². The molecule has 1 aromatic carbocycles. The van der Waals surface area contributed by atoms with E-state index >= 15 is 0 Å². The van der Waals surface area contributed by atoms with Crippen LogP contribution in [0.5, 0.6) is 0 Å². The highest BCUT2D eigenvalue weighted by atomic mass is 16.4. The summed E-state index contributed by atoms with van der Waals surface area (Å²) in [5, 5.41) is 12.1. The molecule has 1 aromatic rings. The van der Waals surface area contributed by atoms with E-state index in [2.05, 4.69) is 5.32 Å². The van der Waals surface area contributed by atoms with E-state index in [1.54, 1.807) is 12.1 Å². The number of nitrogens with one attached hydrogen (secondary N) is 1. The molecule has 0 spiro atoms. The molecule has 1 aliphatic rings. The molecule has 0 saturated heterocycles. The second-order valence-electron chi connectivity index (χ2n) is 6.51. The zero-order chi connectivity index (χ0) is 15.8. The number of nitrogens with zero attached hydrogens (tertiary/aromatic N) is 1. The molecule has 0 fully saturated rings. The molecule has 2 rings (SSSR count). The largest absolute Gasteiger partial charge is 0.478 e. The Morgan fingerprint density at radius 1 is 1.33 bits per heavy atom. The lowest BCUT2D eigenvalue weighted by Crippen LogP contribution is -2.50. The summed E-state index contributed by atoms with van der Waals surface area (Å²) >= 11 is 0. The number of carboxylic acids is 1. The number of carbonyl (C=O) groups is 2. The van der Waals surface area contributed by atoms with Crippen molar-refractivity contribution in [1.82, 2.24) is 5.32 Å². The highest BCUT2D eigenvalue weighted by molar-refractivity contribution is 5.91. The average Bonchev–Trinajstić information content (AvgIpc) is 2.78. The van der Waals surface area contributed by atoms with Gasteiger partial charge in [0.15, 0.2) is 0 Å². The van der Waals surface area contributed by atoms with Crippen LogP contribution in [-0.2, 0) is 11.2 Å². The van der Waals surface area contributed by atoms with Gasteiger partial charge in [0, 0.05) is 17.8 Å². The Kier molecular flexibility index (Phi) is 3.94. The molecule has 0 aliphatic carbocycles. The van der Waals surface area contributed by atoms with Crippen LogP contribution in [0, 0.1) is 0 Å². The molecule has 1 aliphatic heterocycles. The van der Waals surface area contributed by atoms with Crippen LogP contribution in [0.4, 0.5) is 5.69 Å². The lowest BCUT2D eigenvalue weighted by atomic mass is 10.1. The van der Waals surface area contributed by atoms with Crippen LogP contribution in [0.25, 0.3) is 0 Å². The summed E-state index contributed by atoms with van der Waals surface area (Å²) in [6, 6.07) is 4.79. The monoisotopic (exact) mass is 290 g/mol. The maximum Gasteiger partial charge on any atom is 0.335 e. The van der Waals surface area contributed by atoms with Crippen molar-refractivity contribution >= 4 is 17.6 Å². The topological polar surface area (TPSA) is 69.6 Å². The number of hydrogen-bond acceptors (Lipinski definition) is 3. The highest BCUT2D eigenvalue weighted by Crippen LogP contribution is 2.30. The van der Waals surface area contributed by atoms with Crippen LogP contribution >= 0.6 is 0 Å². The number of hydrogen-bond donors (Lipinski definition) is 2. The Hall–Kier alpha value is -2.04. The molecule has 1 atom stereocenters. The Bertz CT molecular complexity index is 575. The highest BCUT2D eigenvalue weighted by Gasteiger charge is 2.29. The summed E-state index contributed by atoms with van der Waals surface area (Å²) in [6.45, 7) is 8.41. The smallest absolute Gasteiger partial charge is 0.335 e. The summed E-state index contributed by atoms with van der Waals surface area (Å²) in [6.07, 6.45) is 0.836. The van der Waals surface area contributed by atoms with Crippen molar-refractivity contribution in [3.63, 3.8) is 0 Å². The maximum atomic E-state index is 12.3. The summed E-state index contributed by atoms with van der Waals surface area (Å²) in [5.74, 6) is -0.993. The second-order valence-corrected chi connectivity index (χ2v) is 6.51. The van der Waals surface area contributed by atoms with E-state index in [-0.39, 0.29) is 23.1 Å². The lowest BCUT2D eigenvalue weighted by Gasteiger charge is -2.30. The van der Waals surface area contributed by atoms with Crippen LogP contribution in [0.15, 0.2) is 18.2 Å². The number of amides is 1. The van der Waals surface area contributed by atoms with Crippen LogP contribution < -0.4 is 10.2 Å². The van der Waals surface area contributed by atoms with E-state index in [0.717, 1.165) is 24.2 Å². The Labute approximate surface area is 125 Å². The molecule has 0 radical (unpaired) electrons. The zero-order valence-corrected chi connectivity index (χ0v) is 12.9. The van der Waals surface area contributed by atoms with Crippen molar-refractivity contribution in [2.45, 2.75) is 45.7 Å². The van der Waals surface area contributed by atoms with E-state index in [4.69, 9.17) is 5.11 Å². The molecule has 5 heteroatoms. The lowest BCUT2D eigenvalue weighted by molar-refractivity contribution is -0.123. The minimum absolute atomic E-state index is 0.0453. The second kappa shape index (κ2) is 5.39. The number of fused-ring (bicyclic) bond motifs is 1. The first kappa shape index (κ1) is 15.4. The van der Waals surface area contributed by atoms with Gasteiger partial charge in [-0.25, -0.2) is 4.79 Å². The number of anilines is 1. The van der Waals surface area contributed by atoms with Crippen LogP contribution in [0.2, 0.25) is 0 Å². The predicted molar refractivity (Wildman–Crippen MR) is 81.8 cm³/mol. The molecule has 0 aromatic heterocycles. The first-order valence-corrected chi connectivity index (χ1v) is 7.14. The van der Waals surface area contributed by atoms with Gasteiger partial charge in [0.05, 0.1) is 5.56 Å². The molecular weight excluding hydrogens is 268 g/mol. The normalized spacial score (nSPS) is 15.5. The van der Waals surface area contributed by atoms with Gasteiger partial charge in [-0.3, -0.25) is 4.79 Å². The van der Waals surface area contributed by atoms with E-state index in [1.165, 1.54) is 0 Å². The molecule has 5 nitrogen and oxygen atoms in total. The fourth-order valence-corrected chi connectivity index (χ4v) is 2.55. The summed E-state index contributed by atoms with van der Waals surface area (Å²) in [4.78, 5) is 25.4. The van der Waals surface area contributed by atoms with E-state index < -0.39 is 5.97 Å². The SMILES string of the molecule is CC(C(=O)NC(C)(C)C)N1CCc2ccc(C(=O)O)cc21. The molecule has 2 N–H and O–H groups in total. The summed E-state index contributed by atoms with van der Waals surface area (Å²) in [5.41, 5.74) is 1.92. The van der Waals surface area contributed by atoms with Crippen molar-refractivity contribution < 1.29 is 14.7 Å². The standard InChI is InChI=1S/C16H22N2O3/c1-10(14(19)17-16(2,3)4)18-8-7-11-5-6-12(15(20)21)9-13(11)18/h5-6,9-10H,7-8H2,1-4H3,(H,17,19)(H,20,21). The molecule has 114 valence electrons. The molecular formula is C16H22N2O3. The van der Waals surface area contributed by atoms with Gasteiger partial charge in [-0.15, -0.1) is 0 Å². The molecule has 1 unspecified atom stereocenters. The van der Waals surface area contributed by atoms with Crippen LogP contribution in [0.1, 0.15) is 43.6 Å². The van der Waals surface area contributed by atoms with Crippen molar-refractivity contribution in [2.24, 2.45) is 0 Å². The Balaban J connectivity index is 2.23. The quantitative estimate of drug-likeness (QED) is 0.894. The van der Waals surface area contributed by atoms with Crippen molar-refractivity contribution in [2.75, 3.05) is 11.4 Å². The number of rotatable bonds is 3. The van der Waals surface area contributed by atoms with E-state index in [0.29, 0.717) is 0 Å². The number of carbonyl (C=O) groups excluding carboxylic acids is 1. The van der Waals surface area contributed by atoms with Crippen LogP contribution in [0.3, 0.4) is 0 Å². The van der Waals surface area contributed by atoms with Gasteiger partial charge in [0.25, 0.3) is 0 Å². The molecule has 21 heavy (non-hydrogen) atoms. The predicted octanol–water partition coefficient (Wildman–Crippen LogP) is 2.05. The fourth-order valence-electron chi connectivity index (χ4n) is 2.55. The third kappa shape index (κ3) is 3.35. The Morgan fingerprint density at radius 3 is 2.57 bits per heavy atom. The van der Waals surface area contributed by atoms with Gasteiger partial charge in [0.1, 0.15) is 6.04 Å². The minimum Gasteiger partial charge on any atom is -0.478 e. The molecule has 0 bridgehead atoms. The molecule has 1 heterocycles. The van der Waals surface area contributed by atoms with Gasteiger partial charge >= 0.3 is 5.97 Å². The molecule has 1 amide bonds. The van der Waals surface area contributed by atoms with Gasteiger partial charge in [-0.2, -0.15) is 0 Å². The van der Waals surface area contributed by atoms with Gasteiger partial charge < -0.3 is 15.3 Å². The number of benzene rings is 1. The third-order valence-corrected chi connectivity index (χ3v) is 3.61. The first-order chi connectivity index (χ1) is 9.69. The fraction of sp³-hybridized carbons (Fsp3) is 0.500. The van der Waals surface area contributed by atoms with Gasteiger partial charge in [-0.05, 0) is 51.8 Å². The minimum atomic E-state index is -0.948. The zero-order valence-electron chi connectivity index (χ0n) is 12.9. The van der Waals surface area contributed by atoms with Crippen molar-refractivity contribution in [1.29, 1.82) is 0 Å². The van der Waals surface area contributed by atoms with Crippen molar-refractivity contribution in [3.05, 3.63) is 29.3 Å². The summed E-state index contributed by atoms with van der Waals surface area (Å²) < 4.78 is 0. The first-order valence-electron chi connectivity index (χ1n) is 7.14. The molecule has 0 saturated carbocycles. The van der Waals surface area contributed by atoms with E-state index in [1.807, 2.05) is 38.7 Å². The summed E-state index contributed by atoms with van der Waals surface area (Å²) in [7, 11) is 0. The van der Waals surface area contributed by atoms with E-state index in [9.17, 15) is 9.59 Å². The Morgan fingerprint density at radius 2 is 2.00 bits per heavy atom.